The lowest BCUT2D eigenvalue weighted by Gasteiger charge is -2.07. The fourth-order valence-corrected chi connectivity index (χ4v) is 1.81. The van der Waals surface area contributed by atoms with Crippen LogP contribution < -0.4 is 4.74 Å². The molecule has 0 aliphatic rings. The normalized spacial score (nSPS) is 10.6. The fraction of sp³-hybridized carbons (Fsp3) is 0.600. The molecule has 102 valence electrons. The number of phenols is 1. The molecule has 1 aromatic rings. The lowest BCUT2D eigenvalue weighted by molar-refractivity contribution is 0.116. The Kier molecular flexibility index (Phi) is 7.26. The number of aromatic hydroxyl groups is 1. The Labute approximate surface area is 110 Å². The van der Waals surface area contributed by atoms with E-state index in [0.717, 1.165) is 18.6 Å². The van der Waals surface area contributed by atoms with E-state index in [1.54, 1.807) is 13.2 Å². The van der Waals surface area contributed by atoms with Gasteiger partial charge in [-0.05, 0) is 24.1 Å². The highest BCUT2D eigenvalue weighted by atomic mass is 16.5. The van der Waals surface area contributed by atoms with E-state index in [-0.39, 0.29) is 5.75 Å². The summed E-state index contributed by atoms with van der Waals surface area (Å²) in [5.74, 6) is 0.667. The maximum atomic E-state index is 9.46. The van der Waals surface area contributed by atoms with Crippen LogP contribution in [0.25, 0.3) is 0 Å². The van der Waals surface area contributed by atoms with E-state index in [4.69, 9.17) is 9.47 Å². The van der Waals surface area contributed by atoms with Gasteiger partial charge in [0, 0.05) is 6.61 Å². The molecule has 0 heterocycles. The van der Waals surface area contributed by atoms with E-state index >= 15 is 0 Å². The van der Waals surface area contributed by atoms with Crippen LogP contribution in [0.15, 0.2) is 18.2 Å². The van der Waals surface area contributed by atoms with Crippen LogP contribution in [0.3, 0.4) is 0 Å². The molecule has 0 unspecified atom stereocenters. The number of ether oxygens (including phenoxy) is 2. The smallest absolute Gasteiger partial charge is 0.160 e. The number of phenolic OH excluding ortho intramolecular Hbond substituents is 1. The predicted molar refractivity (Wildman–Crippen MR) is 73.1 cm³/mol. The minimum atomic E-state index is 0.167. The standard InChI is InChI=1S/C15H24O3/c1-3-4-5-6-7-10-18-12-13-8-9-14(16)15(11-13)17-2/h8-9,11,16H,3-7,10,12H2,1-2H3. The molecule has 0 radical (unpaired) electrons. The molecule has 0 amide bonds. The third-order valence-electron chi connectivity index (χ3n) is 2.91. The molecule has 0 atom stereocenters. The van der Waals surface area contributed by atoms with Crippen molar-refractivity contribution in [3.8, 4) is 11.5 Å². The summed E-state index contributed by atoms with van der Waals surface area (Å²) >= 11 is 0. The largest absolute Gasteiger partial charge is 0.504 e. The van der Waals surface area contributed by atoms with E-state index in [9.17, 15) is 5.11 Å². The number of benzene rings is 1. The number of hydrogen-bond donors (Lipinski definition) is 1. The van der Waals surface area contributed by atoms with Crippen LogP contribution in [0.4, 0.5) is 0 Å². The lowest BCUT2D eigenvalue weighted by atomic mass is 10.2. The summed E-state index contributed by atoms with van der Waals surface area (Å²) < 4.78 is 10.7. The number of unbranched alkanes of at least 4 members (excludes halogenated alkanes) is 4. The van der Waals surface area contributed by atoms with Crippen LogP contribution in [0.2, 0.25) is 0 Å². The minimum absolute atomic E-state index is 0.167. The van der Waals surface area contributed by atoms with Gasteiger partial charge in [-0.3, -0.25) is 0 Å². The fourth-order valence-electron chi connectivity index (χ4n) is 1.81. The third kappa shape index (κ3) is 5.41. The average Bonchev–Trinajstić information content (AvgIpc) is 2.39. The van der Waals surface area contributed by atoms with E-state index in [2.05, 4.69) is 6.92 Å². The first-order valence-electron chi connectivity index (χ1n) is 6.71. The van der Waals surface area contributed by atoms with E-state index < -0.39 is 0 Å². The zero-order chi connectivity index (χ0) is 13.2. The molecule has 0 saturated heterocycles. The maximum Gasteiger partial charge on any atom is 0.160 e. The molecule has 1 aromatic carbocycles. The van der Waals surface area contributed by atoms with Gasteiger partial charge < -0.3 is 14.6 Å². The Bertz CT molecular complexity index is 337. The molecule has 0 saturated carbocycles. The molecule has 0 fully saturated rings. The topological polar surface area (TPSA) is 38.7 Å². The van der Waals surface area contributed by atoms with Gasteiger partial charge in [0.15, 0.2) is 11.5 Å². The molecule has 1 N–H and O–H groups in total. The predicted octanol–water partition coefficient (Wildman–Crippen LogP) is 3.89. The second kappa shape index (κ2) is 8.81. The van der Waals surface area contributed by atoms with E-state index in [1.165, 1.54) is 25.7 Å². The molecule has 0 aromatic heterocycles. The summed E-state index contributed by atoms with van der Waals surface area (Å²) in [5.41, 5.74) is 1.03. The van der Waals surface area contributed by atoms with Gasteiger partial charge in [0.25, 0.3) is 0 Å². The SMILES string of the molecule is CCCCCCCOCc1ccc(O)c(OC)c1. The third-order valence-corrected chi connectivity index (χ3v) is 2.91. The second-order valence-corrected chi connectivity index (χ2v) is 4.47. The average molecular weight is 252 g/mol. The second-order valence-electron chi connectivity index (χ2n) is 4.47. The Morgan fingerprint density at radius 3 is 2.61 bits per heavy atom. The van der Waals surface area contributed by atoms with Gasteiger partial charge in [-0.2, -0.15) is 0 Å². The molecule has 18 heavy (non-hydrogen) atoms. The van der Waals surface area contributed by atoms with Gasteiger partial charge in [0.05, 0.1) is 13.7 Å². The van der Waals surface area contributed by atoms with Crippen LogP contribution in [0.5, 0.6) is 11.5 Å². The molecule has 1 rings (SSSR count). The van der Waals surface area contributed by atoms with Crippen molar-refractivity contribution < 1.29 is 14.6 Å². The quantitative estimate of drug-likeness (QED) is 0.678. The zero-order valence-electron chi connectivity index (χ0n) is 11.4. The van der Waals surface area contributed by atoms with Gasteiger partial charge >= 0.3 is 0 Å². The molecule has 0 spiro atoms. The maximum absolute atomic E-state index is 9.46. The van der Waals surface area contributed by atoms with Crippen molar-refractivity contribution in [3.05, 3.63) is 23.8 Å². The van der Waals surface area contributed by atoms with E-state index in [0.29, 0.717) is 12.4 Å². The van der Waals surface area contributed by atoms with Gasteiger partial charge in [0.1, 0.15) is 0 Å². The molecule has 3 heteroatoms. The minimum Gasteiger partial charge on any atom is -0.504 e. The lowest BCUT2D eigenvalue weighted by Crippen LogP contribution is -1.96. The number of hydrogen-bond acceptors (Lipinski definition) is 3. The first kappa shape index (κ1) is 14.8. The van der Waals surface area contributed by atoms with Crippen molar-refractivity contribution in [1.29, 1.82) is 0 Å². The summed E-state index contributed by atoms with van der Waals surface area (Å²) in [5, 5.41) is 9.46. The molecule has 0 aliphatic heterocycles. The summed E-state index contributed by atoms with van der Waals surface area (Å²) in [6.45, 7) is 3.59. The molecule has 0 aliphatic carbocycles. The van der Waals surface area contributed by atoms with Crippen molar-refractivity contribution >= 4 is 0 Å². The molecule has 3 nitrogen and oxygen atoms in total. The first-order chi connectivity index (χ1) is 8.77. The van der Waals surface area contributed by atoms with Gasteiger partial charge in [-0.25, -0.2) is 0 Å². The van der Waals surface area contributed by atoms with Crippen molar-refractivity contribution in [2.24, 2.45) is 0 Å². The van der Waals surface area contributed by atoms with Crippen molar-refractivity contribution in [2.75, 3.05) is 13.7 Å². The molecular weight excluding hydrogens is 228 g/mol. The van der Waals surface area contributed by atoms with Crippen LogP contribution in [0.1, 0.15) is 44.6 Å². The Balaban J connectivity index is 2.19. The Morgan fingerprint density at radius 2 is 1.89 bits per heavy atom. The molecule has 0 bridgehead atoms. The van der Waals surface area contributed by atoms with E-state index in [1.807, 2.05) is 12.1 Å². The monoisotopic (exact) mass is 252 g/mol. The van der Waals surface area contributed by atoms with Crippen LogP contribution in [0, 0.1) is 0 Å². The van der Waals surface area contributed by atoms with Gasteiger partial charge in [-0.15, -0.1) is 0 Å². The van der Waals surface area contributed by atoms with Crippen LogP contribution >= 0.6 is 0 Å². The van der Waals surface area contributed by atoms with Crippen molar-refractivity contribution in [3.63, 3.8) is 0 Å². The van der Waals surface area contributed by atoms with Gasteiger partial charge in [0.2, 0.25) is 0 Å². The highest BCUT2D eigenvalue weighted by Crippen LogP contribution is 2.26. The van der Waals surface area contributed by atoms with Gasteiger partial charge in [-0.1, -0.05) is 38.7 Å². The highest BCUT2D eigenvalue weighted by Gasteiger charge is 2.02. The Morgan fingerprint density at radius 1 is 1.11 bits per heavy atom. The summed E-state index contributed by atoms with van der Waals surface area (Å²) in [6, 6.07) is 5.31. The highest BCUT2D eigenvalue weighted by molar-refractivity contribution is 5.41. The number of methoxy groups -OCH3 is 1. The Hall–Kier alpha value is -1.22. The first-order valence-corrected chi connectivity index (χ1v) is 6.71. The summed E-state index contributed by atoms with van der Waals surface area (Å²) in [4.78, 5) is 0. The zero-order valence-corrected chi connectivity index (χ0v) is 11.4. The molecular formula is C15H24O3. The summed E-state index contributed by atoms with van der Waals surface area (Å²) in [6.07, 6.45) is 6.25. The van der Waals surface area contributed by atoms with Crippen LogP contribution in [-0.2, 0) is 11.3 Å². The van der Waals surface area contributed by atoms with Crippen molar-refractivity contribution in [1.82, 2.24) is 0 Å². The number of rotatable bonds is 9. The van der Waals surface area contributed by atoms with Crippen molar-refractivity contribution in [2.45, 2.75) is 45.6 Å². The van der Waals surface area contributed by atoms with Crippen LogP contribution in [-0.4, -0.2) is 18.8 Å². The summed E-state index contributed by atoms with van der Waals surface area (Å²) in [7, 11) is 1.55.